The van der Waals surface area contributed by atoms with Crippen molar-refractivity contribution >= 4 is 17.8 Å². The number of carbonyl (C=O) groups is 3. The van der Waals surface area contributed by atoms with E-state index in [1.807, 2.05) is 31.2 Å². The molecule has 4 amide bonds. The number of aryl methyl sites for hydroxylation is 1. The second kappa shape index (κ2) is 10.2. The molecule has 6 heteroatoms. The van der Waals surface area contributed by atoms with Crippen molar-refractivity contribution < 1.29 is 14.4 Å². The van der Waals surface area contributed by atoms with Crippen molar-refractivity contribution in [1.29, 1.82) is 0 Å². The normalized spacial score (nSPS) is 19.0. The molecule has 1 unspecified atom stereocenters. The number of hydrogen-bond acceptors (Lipinski definition) is 3. The van der Waals surface area contributed by atoms with Crippen molar-refractivity contribution in [3.63, 3.8) is 0 Å². The van der Waals surface area contributed by atoms with Crippen LogP contribution in [0.4, 0.5) is 4.79 Å². The molecule has 1 heterocycles. The zero-order valence-electron chi connectivity index (χ0n) is 17.3. The third kappa shape index (κ3) is 5.57. The number of unbranched alkanes of at least 4 members (excludes halogenated alkanes) is 6. The summed E-state index contributed by atoms with van der Waals surface area (Å²) >= 11 is 0. The highest BCUT2D eigenvalue weighted by Crippen LogP contribution is 2.28. The van der Waals surface area contributed by atoms with E-state index in [-0.39, 0.29) is 12.5 Å². The van der Waals surface area contributed by atoms with Crippen LogP contribution in [-0.4, -0.2) is 35.8 Å². The van der Waals surface area contributed by atoms with Crippen LogP contribution in [0.15, 0.2) is 24.3 Å². The van der Waals surface area contributed by atoms with Crippen molar-refractivity contribution in [2.24, 2.45) is 0 Å². The Bertz CT molecular complexity index is 687. The fourth-order valence-corrected chi connectivity index (χ4v) is 3.43. The van der Waals surface area contributed by atoms with Crippen LogP contribution in [0.25, 0.3) is 0 Å². The number of imide groups is 1. The van der Waals surface area contributed by atoms with Gasteiger partial charge in [0, 0.05) is 6.54 Å². The zero-order valence-corrected chi connectivity index (χ0v) is 17.3. The lowest BCUT2D eigenvalue weighted by Crippen LogP contribution is -2.43. The minimum atomic E-state index is -1.14. The number of nitrogens with one attached hydrogen (secondary N) is 2. The van der Waals surface area contributed by atoms with Crippen molar-refractivity contribution in [3.8, 4) is 0 Å². The van der Waals surface area contributed by atoms with E-state index in [0.717, 1.165) is 23.3 Å². The smallest absolute Gasteiger partial charge is 0.325 e. The van der Waals surface area contributed by atoms with Gasteiger partial charge >= 0.3 is 6.03 Å². The highest BCUT2D eigenvalue weighted by Gasteiger charge is 2.49. The largest absolute Gasteiger partial charge is 0.355 e. The van der Waals surface area contributed by atoms with Gasteiger partial charge in [-0.25, -0.2) is 4.79 Å². The molecule has 2 N–H and O–H groups in total. The standard InChI is InChI=1S/C22H33N3O3/c1-4-5-6-7-8-9-10-15-23-19(26)16-25-20(27)22(3,24-21(25)28)18-13-11-17(2)12-14-18/h11-14H,4-10,15-16H2,1-3H3,(H,23,26)(H,24,28). The third-order valence-electron chi connectivity index (χ3n) is 5.31. The summed E-state index contributed by atoms with van der Waals surface area (Å²) < 4.78 is 0. The van der Waals surface area contributed by atoms with Crippen LogP contribution in [0, 0.1) is 6.92 Å². The first-order valence-electron chi connectivity index (χ1n) is 10.4. The van der Waals surface area contributed by atoms with E-state index in [0.29, 0.717) is 12.1 Å². The van der Waals surface area contributed by atoms with Gasteiger partial charge in [-0.3, -0.25) is 14.5 Å². The second-order valence-electron chi connectivity index (χ2n) is 7.78. The van der Waals surface area contributed by atoms with Gasteiger partial charge in [-0.1, -0.05) is 75.3 Å². The maximum absolute atomic E-state index is 12.8. The molecule has 0 aliphatic carbocycles. The van der Waals surface area contributed by atoms with E-state index >= 15 is 0 Å². The summed E-state index contributed by atoms with van der Waals surface area (Å²) in [5, 5.41) is 5.54. The number of hydrogen-bond donors (Lipinski definition) is 2. The van der Waals surface area contributed by atoms with Gasteiger partial charge in [-0.15, -0.1) is 0 Å². The van der Waals surface area contributed by atoms with Gasteiger partial charge in [0.1, 0.15) is 12.1 Å². The van der Waals surface area contributed by atoms with E-state index in [1.165, 1.54) is 32.1 Å². The molecule has 0 saturated carbocycles. The molecule has 1 aliphatic rings. The second-order valence-corrected chi connectivity index (χ2v) is 7.78. The summed E-state index contributed by atoms with van der Waals surface area (Å²) in [6, 6.07) is 6.93. The van der Waals surface area contributed by atoms with E-state index in [1.54, 1.807) is 6.92 Å². The predicted molar refractivity (Wildman–Crippen MR) is 110 cm³/mol. The number of carbonyl (C=O) groups excluding carboxylic acids is 3. The quantitative estimate of drug-likeness (QED) is 0.449. The monoisotopic (exact) mass is 387 g/mol. The molecule has 1 aliphatic heterocycles. The lowest BCUT2D eigenvalue weighted by Gasteiger charge is -2.22. The topological polar surface area (TPSA) is 78.5 Å². The summed E-state index contributed by atoms with van der Waals surface area (Å²) in [7, 11) is 0. The first-order valence-corrected chi connectivity index (χ1v) is 10.4. The lowest BCUT2D eigenvalue weighted by molar-refractivity contribution is -0.134. The van der Waals surface area contributed by atoms with Gasteiger partial charge in [0.2, 0.25) is 5.91 Å². The highest BCUT2D eigenvalue weighted by atomic mass is 16.2. The molecular weight excluding hydrogens is 354 g/mol. The first-order chi connectivity index (χ1) is 13.4. The number of benzene rings is 1. The Morgan fingerprint density at radius 2 is 1.64 bits per heavy atom. The molecule has 1 aromatic rings. The maximum Gasteiger partial charge on any atom is 0.325 e. The van der Waals surface area contributed by atoms with Gasteiger partial charge < -0.3 is 10.6 Å². The molecule has 1 aromatic carbocycles. The molecule has 0 spiro atoms. The Morgan fingerprint density at radius 3 is 2.29 bits per heavy atom. The maximum atomic E-state index is 12.8. The Morgan fingerprint density at radius 1 is 1.04 bits per heavy atom. The van der Waals surface area contributed by atoms with Gasteiger partial charge in [-0.2, -0.15) is 0 Å². The Hall–Kier alpha value is -2.37. The van der Waals surface area contributed by atoms with Crippen LogP contribution in [0.3, 0.4) is 0 Å². The van der Waals surface area contributed by atoms with E-state index in [2.05, 4.69) is 17.6 Å². The molecular formula is C22H33N3O3. The SMILES string of the molecule is CCCCCCCCCNC(=O)CN1C(=O)NC(C)(c2ccc(C)cc2)C1=O. The highest BCUT2D eigenvalue weighted by molar-refractivity contribution is 6.09. The van der Waals surface area contributed by atoms with Crippen LogP contribution in [-0.2, 0) is 15.1 Å². The molecule has 154 valence electrons. The Balaban J connectivity index is 1.79. The van der Waals surface area contributed by atoms with E-state index in [9.17, 15) is 14.4 Å². The number of urea groups is 1. The van der Waals surface area contributed by atoms with Crippen molar-refractivity contribution in [2.75, 3.05) is 13.1 Å². The fourth-order valence-electron chi connectivity index (χ4n) is 3.43. The lowest BCUT2D eigenvalue weighted by atomic mass is 9.91. The molecule has 1 saturated heterocycles. The minimum Gasteiger partial charge on any atom is -0.355 e. The molecule has 0 aromatic heterocycles. The van der Waals surface area contributed by atoms with Gasteiger partial charge in [-0.05, 0) is 25.8 Å². The first kappa shape index (κ1) is 21.9. The summed E-state index contributed by atoms with van der Waals surface area (Å²) in [6.07, 6.45) is 8.21. The minimum absolute atomic E-state index is 0.247. The van der Waals surface area contributed by atoms with Crippen molar-refractivity contribution in [1.82, 2.24) is 15.5 Å². The number of nitrogens with zero attached hydrogens (tertiary/aromatic N) is 1. The molecule has 0 radical (unpaired) electrons. The average molecular weight is 388 g/mol. The molecule has 0 bridgehead atoms. The Kier molecular flexibility index (Phi) is 8.03. The molecule has 1 fully saturated rings. The van der Waals surface area contributed by atoms with Gasteiger partial charge in [0.05, 0.1) is 0 Å². The van der Waals surface area contributed by atoms with Crippen LogP contribution in [0.5, 0.6) is 0 Å². The van der Waals surface area contributed by atoms with E-state index in [4.69, 9.17) is 0 Å². The van der Waals surface area contributed by atoms with Gasteiger partial charge in [0.15, 0.2) is 0 Å². The average Bonchev–Trinajstić information content (AvgIpc) is 2.88. The zero-order chi connectivity index (χ0) is 20.6. The Labute approximate surface area is 168 Å². The summed E-state index contributed by atoms with van der Waals surface area (Å²) in [6.45, 7) is 6.16. The van der Waals surface area contributed by atoms with Crippen LogP contribution in [0.2, 0.25) is 0 Å². The van der Waals surface area contributed by atoms with Crippen LogP contribution in [0.1, 0.15) is 69.9 Å². The summed E-state index contributed by atoms with van der Waals surface area (Å²) in [4.78, 5) is 38.3. The molecule has 2 rings (SSSR count). The van der Waals surface area contributed by atoms with Crippen LogP contribution < -0.4 is 10.6 Å². The van der Waals surface area contributed by atoms with E-state index < -0.39 is 17.5 Å². The molecule has 28 heavy (non-hydrogen) atoms. The van der Waals surface area contributed by atoms with Gasteiger partial charge in [0.25, 0.3) is 5.91 Å². The van der Waals surface area contributed by atoms with Crippen molar-refractivity contribution in [3.05, 3.63) is 35.4 Å². The van der Waals surface area contributed by atoms with Crippen LogP contribution >= 0.6 is 0 Å². The fraction of sp³-hybridized carbons (Fsp3) is 0.591. The third-order valence-corrected chi connectivity index (χ3v) is 5.31. The summed E-state index contributed by atoms with van der Waals surface area (Å²) in [5.74, 6) is -0.699. The molecule has 1 atom stereocenters. The molecule has 6 nitrogen and oxygen atoms in total. The summed E-state index contributed by atoms with van der Waals surface area (Å²) in [5.41, 5.74) is 0.650. The number of amides is 4. The van der Waals surface area contributed by atoms with Crippen molar-refractivity contribution in [2.45, 2.75) is 71.3 Å². The number of rotatable bonds is 11. The predicted octanol–water partition coefficient (Wildman–Crippen LogP) is 3.63.